The van der Waals surface area contributed by atoms with Crippen LogP contribution in [0, 0.1) is 0 Å². The number of ether oxygens (including phenoxy) is 1. The molecule has 1 aliphatic heterocycles. The van der Waals surface area contributed by atoms with Crippen LogP contribution in [0.4, 0.5) is 4.79 Å². The summed E-state index contributed by atoms with van der Waals surface area (Å²) in [7, 11) is 0. The fourth-order valence-electron chi connectivity index (χ4n) is 1.68. The number of urea groups is 1. The van der Waals surface area contributed by atoms with E-state index in [-0.39, 0.29) is 25.0 Å². The maximum Gasteiger partial charge on any atom is 0.332 e. The number of hydrogen-bond donors (Lipinski definition) is 2. The van der Waals surface area contributed by atoms with Gasteiger partial charge in [-0.1, -0.05) is 0 Å². The average molecular weight is 259 g/mol. The predicted molar refractivity (Wildman–Crippen MR) is 65.0 cm³/mol. The second-order valence-corrected chi connectivity index (χ2v) is 4.45. The molecule has 0 aliphatic carbocycles. The van der Waals surface area contributed by atoms with Gasteiger partial charge < -0.3 is 14.7 Å². The minimum absolute atomic E-state index is 0.0367. The zero-order valence-corrected chi connectivity index (χ0v) is 10.9. The first-order valence-corrected chi connectivity index (χ1v) is 6.12. The van der Waals surface area contributed by atoms with Crippen molar-refractivity contribution in [1.82, 2.24) is 15.3 Å². The van der Waals surface area contributed by atoms with Gasteiger partial charge in [0.15, 0.2) is 0 Å². The second kappa shape index (κ2) is 7.17. The zero-order chi connectivity index (χ0) is 13.5. The van der Waals surface area contributed by atoms with Crippen LogP contribution in [-0.2, 0) is 9.53 Å². The Bertz CT molecular complexity index is 290. The second-order valence-electron chi connectivity index (χ2n) is 4.45. The zero-order valence-electron chi connectivity index (χ0n) is 10.9. The summed E-state index contributed by atoms with van der Waals surface area (Å²) < 4.78 is 5.18. The summed E-state index contributed by atoms with van der Waals surface area (Å²) in [5, 5.41) is 10.5. The van der Waals surface area contributed by atoms with Crippen LogP contribution in [0.3, 0.4) is 0 Å². The molecule has 0 aromatic carbocycles. The van der Waals surface area contributed by atoms with Gasteiger partial charge in [0.1, 0.15) is 0 Å². The lowest BCUT2D eigenvalue weighted by atomic mass is 10.3. The molecule has 7 heteroatoms. The summed E-state index contributed by atoms with van der Waals surface area (Å²) in [5.74, 6) is -0.903. The first-order valence-electron chi connectivity index (χ1n) is 6.12. The topological polar surface area (TPSA) is 82.1 Å². The molecule has 0 aromatic rings. The van der Waals surface area contributed by atoms with E-state index in [2.05, 4.69) is 5.43 Å². The van der Waals surface area contributed by atoms with E-state index in [1.165, 1.54) is 4.90 Å². The smallest absolute Gasteiger partial charge is 0.332 e. The molecule has 7 nitrogen and oxygen atoms in total. The highest BCUT2D eigenvalue weighted by molar-refractivity contribution is 5.75. The molecule has 1 heterocycles. The van der Waals surface area contributed by atoms with Gasteiger partial charge in [0.05, 0.1) is 19.6 Å². The van der Waals surface area contributed by atoms with E-state index in [0.717, 1.165) is 0 Å². The minimum atomic E-state index is -0.903. The lowest BCUT2D eigenvalue weighted by molar-refractivity contribution is -0.137. The van der Waals surface area contributed by atoms with Crippen molar-refractivity contribution in [1.29, 1.82) is 0 Å². The molecular formula is C11H21N3O4. The molecule has 0 spiro atoms. The Morgan fingerprint density at radius 1 is 1.39 bits per heavy atom. The summed E-state index contributed by atoms with van der Waals surface area (Å²) in [6.07, 6.45) is -0.0469. The van der Waals surface area contributed by atoms with Crippen LogP contribution in [0.5, 0.6) is 0 Å². The van der Waals surface area contributed by atoms with Crippen molar-refractivity contribution >= 4 is 12.0 Å². The molecule has 2 N–H and O–H groups in total. The summed E-state index contributed by atoms with van der Waals surface area (Å²) in [4.78, 5) is 24.1. The molecule has 0 aromatic heterocycles. The van der Waals surface area contributed by atoms with Crippen LogP contribution in [0.2, 0.25) is 0 Å². The van der Waals surface area contributed by atoms with Gasteiger partial charge in [0.25, 0.3) is 0 Å². The van der Waals surface area contributed by atoms with E-state index in [1.807, 2.05) is 13.8 Å². The predicted octanol–water partition coefficient (Wildman–Crippen LogP) is 0.128. The van der Waals surface area contributed by atoms with Crippen LogP contribution in [-0.4, -0.2) is 65.9 Å². The number of carbonyl (C=O) groups excluding carboxylic acids is 1. The van der Waals surface area contributed by atoms with Crippen LogP contribution in [0.1, 0.15) is 20.3 Å². The summed E-state index contributed by atoms with van der Waals surface area (Å²) in [6, 6.07) is -0.293. The van der Waals surface area contributed by atoms with Gasteiger partial charge in [0.2, 0.25) is 0 Å². The normalized spacial score (nSPS) is 16.6. The van der Waals surface area contributed by atoms with Gasteiger partial charge in [-0.3, -0.25) is 10.2 Å². The van der Waals surface area contributed by atoms with Crippen molar-refractivity contribution in [2.45, 2.75) is 26.3 Å². The molecule has 2 amide bonds. The third-order valence-corrected chi connectivity index (χ3v) is 2.72. The van der Waals surface area contributed by atoms with Gasteiger partial charge in [-0.25, -0.2) is 9.80 Å². The van der Waals surface area contributed by atoms with E-state index >= 15 is 0 Å². The average Bonchev–Trinajstić information content (AvgIpc) is 2.29. The number of hydrazine groups is 1. The van der Waals surface area contributed by atoms with Gasteiger partial charge in [0, 0.05) is 25.7 Å². The van der Waals surface area contributed by atoms with Crippen molar-refractivity contribution in [3.05, 3.63) is 0 Å². The maximum absolute atomic E-state index is 12.0. The molecule has 0 radical (unpaired) electrons. The van der Waals surface area contributed by atoms with Crippen molar-refractivity contribution in [3.63, 3.8) is 0 Å². The van der Waals surface area contributed by atoms with Gasteiger partial charge in [-0.15, -0.1) is 0 Å². The lowest BCUT2D eigenvalue weighted by Gasteiger charge is -2.32. The fourth-order valence-corrected chi connectivity index (χ4v) is 1.68. The molecule has 0 unspecified atom stereocenters. The number of carboxylic acid groups (broad SMARTS) is 1. The Hall–Kier alpha value is -1.34. The Morgan fingerprint density at radius 2 is 2.00 bits per heavy atom. The Kier molecular flexibility index (Phi) is 5.87. The SMILES string of the molecule is CC(C)N(CCC(=O)O)C(=O)NN1CCOCC1. The molecule has 0 atom stereocenters. The van der Waals surface area contributed by atoms with Crippen molar-refractivity contribution in [2.24, 2.45) is 0 Å². The van der Waals surface area contributed by atoms with E-state index in [0.29, 0.717) is 26.3 Å². The quantitative estimate of drug-likeness (QED) is 0.733. The number of nitrogens with one attached hydrogen (secondary N) is 1. The Morgan fingerprint density at radius 3 is 2.50 bits per heavy atom. The number of aliphatic carboxylic acids is 1. The lowest BCUT2D eigenvalue weighted by Crippen LogP contribution is -2.54. The molecule has 18 heavy (non-hydrogen) atoms. The highest BCUT2D eigenvalue weighted by Gasteiger charge is 2.20. The third kappa shape index (κ3) is 4.89. The first kappa shape index (κ1) is 14.7. The molecule has 104 valence electrons. The molecule has 1 aliphatic rings. The minimum Gasteiger partial charge on any atom is -0.481 e. The summed E-state index contributed by atoms with van der Waals surface area (Å²) in [5.41, 5.74) is 2.77. The molecule has 1 fully saturated rings. The number of amides is 2. The Balaban J connectivity index is 2.45. The maximum atomic E-state index is 12.0. The van der Waals surface area contributed by atoms with E-state index in [4.69, 9.17) is 9.84 Å². The third-order valence-electron chi connectivity index (χ3n) is 2.72. The van der Waals surface area contributed by atoms with E-state index in [9.17, 15) is 9.59 Å². The van der Waals surface area contributed by atoms with Crippen LogP contribution >= 0.6 is 0 Å². The summed E-state index contributed by atoms with van der Waals surface area (Å²) >= 11 is 0. The highest BCUT2D eigenvalue weighted by Crippen LogP contribution is 2.02. The molecular weight excluding hydrogens is 238 g/mol. The number of nitrogens with zero attached hydrogens (tertiary/aromatic N) is 2. The monoisotopic (exact) mass is 259 g/mol. The Labute approximate surface area is 107 Å². The highest BCUT2D eigenvalue weighted by atomic mass is 16.5. The molecule has 0 saturated carbocycles. The van der Waals surface area contributed by atoms with Crippen molar-refractivity contribution in [3.8, 4) is 0 Å². The molecule has 1 saturated heterocycles. The molecule has 1 rings (SSSR count). The number of rotatable bonds is 5. The standard InChI is InChI=1S/C11H21N3O4/c1-9(2)14(4-3-10(15)16)11(17)12-13-5-7-18-8-6-13/h9H,3-8H2,1-2H3,(H,12,17)(H,15,16). The van der Waals surface area contributed by atoms with Crippen LogP contribution in [0.25, 0.3) is 0 Å². The van der Waals surface area contributed by atoms with Crippen molar-refractivity contribution in [2.75, 3.05) is 32.8 Å². The van der Waals surface area contributed by atoms with Crippen molar-refractivity contribution < 1.29 is 19.4 Å². The number of morpholine rings is 1. The largest absolute Gasteiger partial charge is 0.481 e. The fraction of sp³-hybridized carbons (Fsp3) is 0.818. The number of carbonyl (C=O) groups is 2. The van der Waals surface area contributed by atoms with Gasteiger partial charge in [-0.05, 0) is 13.8 Å². The number of hydrogen-bond acceptors (Lipinski definition) is 4. The summed E-state index contributed by atoms with van der Waals surface area (Å²) in [6.45, 7) is 6.42. The number of carboxylic acids is 1. The van der Waals surface area contributed by atoms with Gasteiger partial charge >= 0.3 is 12.0 Å². The first-order chi connectivity index (χ1) is 8.50. The van der Waals surface area contributed by atoms with Crippen LogP contribution < -0.4 is 5.43 Å². The van der Waals surface area contributed by atoms with Crippen LogP contribution in [0.15, 0.2) is 0 Å². The van der Waals surface area contributed by atoms with Gasteiger partial charge in [-0.2, -0.15) is 0 Å². The van der Waals surface area contributed by atoms with E-state index in [1.54, 1.807) is 5.01 Å². The van der Waals surface area contributed by atoms with E-state index < -0.39 is 5.97 Å². The molecule has 0 bridgehead atoms.